The average Bonchev–Trinajstić information content (AvgIpc) is 3.16. The van der Waals surface area contributed by atoms with Crippen LogP contribution in [0.25, 0.3) is 11.2 Å². The van der Waals surface area contributed by atoms with Gasteiger partial charge in [0.1, 0.15) is 16.3 Å². The van der Waals surface area contributed by atoms with Crippen molar-refractivity contribution in [3.63, 3.8) is 0 Å². The van der Waals surface area contributed by atoms with E-state index in [0.29, 0.717) is 28.5 Å². The van der Waals surface area contributed by atoms with Gasteiger partial charge in [0.15, 0.2) is 5.65 Å². The standard InChI is InChI=1S/C21H24F6N5O2PS/c1-2-8-34-14-5-3-4-6-15(14)36-18-16-17(30-19(28)31-18)32(12-29-16)7-9-33-13-35(10-20(22,23)24)11-21(25,26)27/h3-6,12H,2,7-11,13H2,1H3,(H2,28,30,31). The van der Waals surface area contributed by atoms with E-state index in [9.17, 15) is 26.3 Å². The van der Waals surface area contributed by atoms with Gasteiger partial charge in [-0.25, -0.2) is 9.97 Å². The smallest absolute Gasteiger partial charge is 0.392 e. The largest absolute Gasteiger partial charge is 0.492 e. The zero-order valence-electron chi connectivity index (χ0n) is 19.1. The Kier molecular flexibility index (Phi) is 9.65. The van der Waals surface area contributed by atoms with Crippen molar-refractivity contribution in [2.24, 2.45) is 0 Å². The molecule has 0 radical (unpaired) electrons. The molecule has 0 aliphatic carbocycles. The van der Waals surface area contributed by atoms with Gasteiger partial charge in [-0.2, -0.15) is 31.3 Å². The van der Waals surface area contributed by atoms with E-state index >= 15 is 0 Å². The molecule has 3 aromatic rings. The molecule has 0 fully saturated rings. The normalized spacial score (nSPS) is 12.6. The Labute approximate surface area is 208 Å². The second kappa shape index (κ2) is 12.3. The molecular weight excluding hydrogens is 531 g/mol. The topological polar surface area (TPSA) is 88.1 Å². The number of halogens is 6. The summed E-state index contributed by atoms with van der Waals surface area (Å²) in [7, 11) is -2.44. The molecule has 7 nitrogen and oxygen atoms in total. The van der Waals surface area contributed by atoms with Crippen LogP contribution in [0.2, 0.25) is 0 Å². The van der Waals surface area contributed by atoms with Gasteiger partial charge < -0.3 is 19.8 Å². The summed E-state index contributed by atoms with van der Waals surface area (Å²) < 4.78 is 88.4. The molecule has 2 aromatic heterocycles. The SMILES string of the molecule is CCCOc1ccccc1Sc1nc(N)nc2c1ncn2CCOCP(CC(F)(F)F)CC(F)(F)F. The Hall–Kier alpha value is -2.31. The zero-order valence-corrected chi connectivity index (χ0v) is 20.9. The molecule has 0 saturated carbocycles. The molecule has 0 aliphatic heterocycles. The fourth-order valence-electron chi connectivity index (χ4n) is 3.15. The summed E-state index contributed by atoms with van der Waals surface area (Å²) in [5.74, 6) is 0.662. The maximum Gasteiger partial charge on any atom is 0.392 e. The van der Waals surface area contributed by atoms with E-state index in [0.717, 1.165) is 11.3 Å². The van der Waals surface area contributed by atoms with Gasteiger partial charge in [-0.15, -0.1) is 0 Å². The first kappa shape index (κ1) is 28.3. The average molecular weight is 555 g/mol. The quantitative estimate of drug-likeness (QED) is 0.128. The minimum Gasteiger partial charge on any atom is -0.492 e. The first-order valence-corrected chi connectivity index (χ1v) is 13.5. The molecule has 3 rings (SSSR count). The summed E-state index contributed by atoms with van der Waals surface area (Å²) in [6, 6.07) is 7.40. The highest BCUT2D eigenvalue weighted by atomic mass is 32.2. The number of hydrogen-bond donors (Lipinski definition) is 1. The number of rotatable bonds is 12. The van der Waals surface area contributed by atoms with Crippen LogP contribution in [0.3, 0.4) is 0 Å². The predicted molar refractivity (Wildman–Crippen MR) is 126 cm³/mol. The fraction of sp³-hybridized carbons (Fsp3) is 0.476. The summed E-state index contributed by atoms with van der Waals surface area (Å²) in [5.41, 5.74) is 6.70. The molecule has 0 unspecified atom stereocenters. The number of anilines is 1. The highest BCUT2D eigenvalue weighted by Crippen LogP contribution is 2.45. The number of nitrogens with two attached hydrogens (primary N) is 1. The van der Waals surface area contributed by atoms with E-state index in [-0.39, 0.29) is 19.1 Å². The Morgan fingerprint density at radius 2 is 1.72 bits per heavy atom. The van der Waals surface area contributed by atoms with Gasteiger partial charge in [0, 0.05) is 6.54 Å². The highest BCUT2D eigenvalue weighted by Gasteiger charge is 2.38. The van der Waals surface area contributed by atoms with Gasteiger partial charge in [-0.05, 0) is 18.6 Å². The molecule has 0 saturated heterocycles. The predicted octanol–water partition coefficient (Wildman–Crippen LogP) is 5.93. The van der Waals surface area contributed by atoms with E-state index < -0.39 is 38.9 Å². The number of imidazole rings is 1. The number of fused-ring (bicyclic) bond motifs is 1. The first-order chi connectivity index (χ1) is 16.9. The van der Waals surface area contributed by atoms with Crippen molar-refractivity contribution in [1.29, 1.82) is 0 Å². The third kappa shape index (κ3) is 8.67. The minimum absolute atomic E-state index is 0.0153. The van der Waals surface area contributed by atoms with Gasteiger partial charge in [-0.3, -0.25) is 0 Å². The highest BCUT2D eigenvalue weighted by molar-refractivity contribution is 7.99. The number of benzene rings is 1. The first-order valence-electron chi connectivity index (χ1n) is 10.8. The summed E-state index contributed by atoms with van der Waals surface area (Å²) in [5, 5.41) is 0.476. The summed E-state index contributed by atoms with van der Waals surface area (Å²) in [6.07, 6.45) is -10.7. The third-order valence-corrected chi connectivity index (χ3v) is 7.72. The molecule has 0 amide bonds. The van der Waals surface area contributed by atoms with Crippen LogP contribution in [0.5, 0.6) is 5.75 Å². The lowest BCUT2D eigenvalue weighted by Crippen LogP contribution is -2.22. The lowest BCUT2D eigenvalue weighted by Gasteiger charge is -2.20. The number of nitrogen functional groups attached to an aromatic ring is 1. The van der Waals surface area contributed by atoms with Gasteiger partial charge in [-0.1, -0.05) is 38.7 Å². The second-order valence-electron chi connectivity index (χ2n) is 7.65. The van der Waals surface area contributed by atoms with E-state index in [1.165, 1.54) is 18.1 Å². The second-order valence-corrected chi connectivity index (χ2v) is 10.9. The number of alkyl halides is 6. The van der Waals surface area contributed by atoms with Crippen molar-refractivity contribution in [3.05, 3.63) is 30.6 Å². The number of aromatic nitrogens is 4. The molecule has 36 heavy (non-hydrogen) atoms. The molecule has 0 aliphatic rings. The fourth-order valence-corrected chi connectivity index (χ4v) is 5.81. The van der Waals surface area contributed by atoms with Crippen LogP contribution in [0.4, 0.5) is 32.3 Å². The number of ether oxygens (including phenoxy) is 2. The lowest BCUT2D eigenvalue weighted by molar-refractivity contribution is -0.112. The van der Waals surface area contributed by atoms with Crippen LogP contribution in [0.1, 0.15) is 13.3 Å². The molecule has 15 heteroatoms. The van der Waals surface area contributed by atoms with E-state index in [2.05, 4.69) is 15.0 Å². The van der Waals surface area contributed by atoms with Crippen LogP contribution < -0.4 is 10.5 Å². The van der Waals surface area contributed by atoms with E-state index in [1.807, 2.05) is 31.2 Å². The summed E-state index contributed by atoms with van der Waals surface area (Å²) in [6.45, 7) is 2.52. The van der Waals surface area contributed by atoms with Crippen LogP contribution >= 0.6 is 19.7 Å². The Morgan fingerprint density at radius 1 is 1.03 bits per heavy atom. The Morgan fingerprint density at radius 3 is 2.39 bits per heavy atom. The van der Waals surface area contributed by atoms with Crippen molar-refractivity contribution in [1.82, 2.24) is 19.5 Å². The van der Waals surface area contributed by atoms with Crippen molar-refractivity contribution in [3.8, 4) is 5.75 Å². The molecule has 198 valence electrons. The van der Waals surface area contributed by atoms with Crippen molar-refractivity contribution >= 4 is 36.8 Å². The van der Waals surface area contributed by atoms with Crippen molar-refractivity contribution in [2.75, 3.05) is 37.6 Å². The van der Waals surface area contributed by atoms with E-state index in [1.54, 1.807) is 4.57 Å². The molecule has 2 N–H and O–H groups in total. The van der Waals surface area contributed by atoms with Crippen LogP contribution in [0.15, 0.2) is 40.5 Å². The molecule has 0 spiro atoms. The number of nitrogens with zero attached hydrogens (tertiary/aromatic N) is 4. The molecule has 0 bridgehead atoms. The maximum absolute atomic E-state index is 12.7. The van der Waals surface area contributed by atoms with Crippen LogP contribution in [-0.2, 0) is 11.3 Å². The zero-order chi connectivity index (χ0) is 26.3. The van der Waals surface area contributed by atoms with Crippen LogP contribution in [0, 0.1) is 0 Å². The Balaban J connectivity index is 1.69. The Bertz CT molecular complexity index is 1130. The molecular formula is C21H24F6N5O2PS. The van der Waals surface area contributed by atoms with E-state index in [4.69, 9.17) is 15.2 Å². The van der Waals surface area contributed by atoms with Crippen molar-refractivity contribution < 1.29 is 35.8 Å². The van der Waals surface area contributed by atoms with Crippen molar-refractivity contribution in [2.45, 2.75) is 42.2 Å². The van der Waals surface area contributed by atoms with Gasteiger partial charge in [0.2, 0.25) is 5.95 Å². The monoisotopic (exact) mass is 555 g/mol. The van der Waals surface area contributed by atoms with Gasteiger partial charge in [0.25, 0.3) is 0 Å². The summed E-state index contributed by atoms with van der Waals surface area (Å²) >= 11 is 1.29. The van der Waals surface area contributed by atoms with Gasteiger partial charge in [0.05, 0.1) is 43.1 Å². The molecule has 0 atom stereocenters. The molecule has 1 aromatic carbocycles. The number of hydrogen-bond acceptors (Lipinski definition) is 7. The van der Waals surface area contributed by atoms with Gasteiger partial charge >= 0.3 is 12.4 Å². The maximum atomic E-state index is 12.7. The minimum atomic E-state index is -4.69. The lowest BCUT2D eigenvalue weighted by atomic mass is 10.3. The summed E-state index contributed by atoms with van der Waals surface area (Å²) in [4.78, 5) is 13.6. The molecule has 2 heterocycles. The third-order valence-electron chi connectivity index (χ3n) is 4.52. The number of para-hydroxylation sites is 1. The van der Waals surface area contributed by atoms with Crippen LogP contribution in [-0.4, -0.2) is 63.8 Å².